The number of benzene rings is 1. The van der Waals surface area contributed by atoms with Crippen molar-refractivity contribution in [2.75, 3.05) is 6.61 Å². The van der Waals surface area contributed by atoms with Crippen LogP contribution in [0, 0.1) is 11.3 Å². The molecule has 0 saturated heterocycles. The van der Waals surface area contributed by atoms with Gasteiger partial charge in [0.2, 0.25) is 0 Å². The van der Waals surface area contributed by atoms with Gasteiger partial charge >= 0.3 is 5.97 Å². The van der Waals surface area contributed by atoms with Crippen LogP contribution in [0.5, 0.6) is 0 Å². The summed E-state index contributed by atoms with van der Waals surface area (Å²) in [5.74, 6) is -0.778. The van der Waals surface area contributed by atoms with Gasteiger partial charge in [-0.05, 0) is 25.5 Å². The lowest BCUT2D eigenvalue weighted by molar-refractivity contribution is -0.142. The number of ether oxygens (including phenoxy) is 1. The van der Waals surface area contributed by atoms with Crippen LogP contribution in [0.25, 0.3) is 0 Å². The third-order valence-corrected chi connectivity index (χ3v) is 2.75. The number of rotatable bonds is 5. The van der Waals surface area contributed by atoms with Crippen molar-refractivity contribution in [3.63, 3.8) is 0 Å². The summed E-state index contributed by atoms with van der Waals surface area (Å²) in [6, 6.07) is 6.70. The SMILES string of the molecule is CCOC(=O)Cc1c(C#N)cccc1C(=O)C(C)Cl. The Kier molecular flexibility index (Phi) is 5.53. The van der Waals surface area contributed by atoms with Gasteiger partial charge in [-0.2, -0.15) is 5.26 Å². The predicted octanol–water partition coefficient (Wildman–Crippen LogP) is 2.47. The Labute approximate surface area is 116 Å². The van der Waals surface area contributed by atoms with E-state index >= 15 is 0 Å². The molecule has 0 aromatic heterocycles. The van der Waals surface area contributed by atoms with Crippen molar-refractivity contribution in [2.24, 2.45) is 0 Å². The highest BCUT2D eigenvalue weighted by Gasteiger charge is 2.20. The highest BCUT2D eigenvalue weighted by Crippen LogP contribution is 2.19. The van der Waals surface area contributed by atoms with Crippen molar-refractivity contribution in [1.29, 1.82) is 5.26 Å². The standard InChI is InChI=1S/C14H14ClNO3/c1-3-19-13(17)7-12-10(8-16)5-4-6-11(12)14(18)9(2)15/h4-6,9H,3,7H2,1-2H3. The first-order valence-corrected chi connectivity index (χ1v) is 6.30. The molecule has 0 bridgehead atoms. The molecule has 1 atom stereocenters. The second-order valence-corrected chi connectivity index (χ2v) is 4.56. The van der Waals surface area contributed by atoms with Crippen LogP contribution in [0.15, 0.2) is 18.2 Å². The maximum atomic E-state index is 12.0. The van der Waals surface area contributed by atoms with Gasteiger partial charge in [0.15, 0.2) is 5.78 Å². The molecule has 1 rings (SSSR count). The molecular weight excluding hydrogens is 266 g/mol. The molecule has 4 nitrogen and oxygen atoms in total. The van der Waals surface area contributed by atoms with Crippen molar-refractivity contribution in [1.82, 2.24) is 0 Å². The van der Waals surface area contributed by atoms with E-state index < -0.39 is 11.3 Å². The summed E-state index contributed by atoms with van der Waals surface area (Å²) in [5, 5.41) is 8.35. The molecule has 1 aromatic carbocycles. The lowest BCUT2D eigenvalue weighted by Crippen LogP contribution is -2.17. The topological polar surface area (TPSA) is 67.2 Å². The molecule has 1 unspecified atom stereocenters. The summed E-state index contributed by atoms with van der Waals surface area (Å²) < 4.78 is 4.85. The third-order valence-electron chi connectivity index (χ3n) is 2.55. The smallest absolute Gasteiger partial charge is 0.310 e. The molecule has 0 N–H and O–H groups in total. The number of carbonyl (C=O) groups excluding carboxylic acids is 2. The van der Waals surface area contributed by atoms with Gasteiger partial charge in [-0.3, -0.25) is 9.59 Å². The fraction of sp³-hybridized carbons (Fsp3) is 0.357. The molecule has 0 spiro atoms. The van der Waals surface area contributed by atoms with E-state index in [1.54, 1.807) is 32.0 Å². The third kappa shape index (κ3) is 3.80. The van der Waals surface area contributed by atoms with Gasteiger partial charge in [0.1, 0.15) is 0 Å². The lowest BCUT2D eigenvalue weighted by Gasteiger charge is -2.11. The first-order chi connectivity index (χ1) is 9.01. The molecule has 0 aliphatic carbocycles. The van der Waals surface area contributed by atoms with E-state index in [-0.39, 0.29) is 24.4 Å². The number of hydrogen-bond acceptors (Lipinski definition) is 4. The van der Waals surface area contributed by atoms with Gasteiger partial charge in [-0.1, -0.05) is 12.1 Å². The van der Waals surface area contributed by atoms with Crippen molar-refractivity contribution in [3.8, 4) is 6.07 Å². The Morgan fingerprint density at radius 2 is 2.16 bits per heavy atom. The van der Waals surface area contributed by atoms with Gasteiger partial charge < -0.3 is 4.74 Å². The summed E-state index contributed by atoms with van der Waals surface area (Å²) in [5.41, 5.74) is 0.965. The molecule has 0 fully saturated rings. The molecule has 100 valence electrons. The molecule has 0 amide bonds. The minimum absolute atomic E-state index is 0.109. The Hall–Kier alpha value is -1.86. The Bertz CT molecular complexity index is 532. The summed E-state index contributed by atoms with van der Waals surface area (Å²) in [4.78, 5) is 23.5. The molecule has 0 aliphatic heterocycles. The number of hydrogen-bond donors (Lipinski definition) is 0. The fourth-order valence-electron chi connectivity index (χ4n) is 1.68. The van der Waals surface area contributed by atoms with Crippen molar-refractivity contribution in [3.05, 3.63) is 34.9 Å². The number of alkyl halides is 1. The van der Waals surface area contributed by atoms with Crippen LogP contribution < -0.4 is 0 Å². The highest BCUT2D eigenvalue weighted by molar-refractivity contribution is 6.33. The van der Waals surface area contributed by atoms with Gasteiger partial charge in [-0.25, -0.2) is 0 Å². The minimum atomic E-state index is -0.713. The number of esters is 1. The number of Topliss-reactive ketones (excluding diaryl/α,β-unsaturated/α-hetero) is 1. The first kappa shape index (κ1) is 15.2. The molecule has 0 radical (unpaired) electrons. The summed E-state index contributed by atoms with van der Waals surface area (Å²) in [6.07, 6.45) is -0.109. The van der Waals surface area contributed by atoms with Gasteiger partial charge in [0, 0.05) is 5.56 Å². The largest absolute Gasteiger partial charge is 0.466 e. The van der Waals surface area contributed by atoms with E-state index in [2.05, 4.69) is 0 Å². The summed E-state index contributed by atoms with van der Waals surface area (Å²) in [7, 11) is 0. The van der Waals surface area contributed by atoms with Gasteiger partial charge in [0.05, 0.1) is 30.0 Å². The zero-order valence-electron chi connectivity index (χ0n) is 10.8. The Morgan fingerprint density at radius 3 is 2.68 bits per heavy atom. The zero-order chi connectivity index (χ0) is 14.4. The second kappa shape index (κ2) is 6.91. The van der Waals surface area contributed by atoms with E-state index in [1.807, 2.05) is 6.07 Å². The average Bonchev–Trinajstić information content (AvgIpc) is 2.38. The monoisotopic (exact) mass is 279 g/mol. The van der Waals surface area contributed by atoms with Crippen molar-refractivity contribution >= 4 is 23.4 Å². The van der Waals surface area contributed by atoms with Crippen molar-refractivity contribution < 1.29 is 14.3 Å². The number of nitrogens with zero attached hydrogens (tertiary/aromatic N) is 1. The van der Waals surface area contributed by atoms with Crippen LogP contribution >= 0.6 is 11.6 Å². The first-order valence-electron chi connectivity index (χ1n) is 5.87. The molecular formula is C14H14ClNO3. The van der Waals surface area contributed by atoms with Crippen LogP contribution in [-0.4, -0.2) is 23.7 Å². The predicted molar refractivity (Wildman–Crippen MR) is 71.1 cm³/mol. The number of ketones is 1. The number of nitriles is 1. The Balaban J connectivity index is 3.22. The van der Waals surface area contributed by atoms with E-state index in [4.69, 9.17) is 21.6 Å². The van der Waals surface area contributed by atoms with E-state index in [0.29, 0.717) is 11.1 Å². The van der Waals surface area contributed by atoms with Crippen LogP contribution in [0.2, 0.25) is 0 Å². The Morgan fingerprint density at radius 1 is 1.47 bits per heavy atom. The molecule has 19 heavy (non-hydrogen) atoms. The molecule has 0 aliphatic rings. The molecule has 0 saturated carbocycles. The maximum absolute atomic E-state index is 12.0. The molecule has 5 heteroatoms. The highest BCUT2D eigenvalue weighted by atomic mass is 35.5. The lowest BCUT2D eigenvalue weighted by atomic mass is 9.95. The minimum Gasteiger partial charge on any atom is -0.466 e. The van der Waals surface area contributed by atoms with Gasteiger partial charge in [-0.15, -0.1) is 11.6 Å². The van der Waals surface area contributed by atoms with Crippen LogP contribution in [-0.2, 0) is 16.0 Å². The quantitative estimate of drug-likeness (QED) is 0.472. The summed E-state index contributed by atoms with van der Waals surface area (Å²) >= 11 is 5.78. The van der Waals surface area contributed by atoms with E-state index in [1.165, 1.54) is 0 Å². The van der Waals surface area contributed by atoms with E-state index in [9.17, 15) is 9.59 Å². The van der Waals surface area contributed by atoms with Gasteiger partial charge in [0.25, 0.3) is 0 Å². The summed E-state index contributed by atoms with van der Waals surface area (Å²) in [6.45, 7) is 3.50. The average molecular weight is 280 g/mol. The van der Waals surface area contributed by atoms with Crippen molar-refractivity contribution in [2.45, 2.75) is 25.6 Å². The molecule has 1 aromatic rings. The number of halogens is 1. The van der Waals surface area contributed by atoms with Crippen LogP contribution in [0.4, 0.5) is 0 Å². The second-order valence-electron chi connectivity index (χ2n) is 3.91. The maximum Gasteiger partial charge on any atom is 0.310 e. The molecule has 0 heterocycles. The number of carbonyl (C=O) groups is 2. The fourth-order valence-corrected chi connectivity index (χ4v) is 1.80. The normalized spacial score (nSPS) is 11.5. The van der Waals surface area contributed by atoms with Crippen LogP contribution in [0.1, 0.15) is 35.3 Å². The van der Waals surface area contributed by atoms with Crippen LogP contribution in [0.3, 0.4) is 0 Å². The van der Waals surface area contributed by atoms with E-state index in [0.717, 1.165) is 0 Å². The zero-order valence-corrected chi connectivity index (χ0v) is 11.5.